The lowest BCUT2D eigenvalue weighted by molar-refractivity contribution is -0.385. The molecule has 8 heteroatoms. The smallest absolute Gasteiger partial charge is 0.276 e. The van der Waals surface area contributed by atoms with Gasteiger partial charge in [0.25, 0.3) is 5.69 Å². The van der Waals surface area contributed by atoms with E-state index >= 15 is 0 Å². The number of aromatic nitrogens is 2. The van der Waals surface area contributed by atoms with Crippen LogP contribution in [-0.4, -0.2) is 14.9 Å². The highest BCUT2D eigenvalue weighted by Crippen LogP contribution is 2.34. The van der Waals surface area contributed by atoms with Crippen molar-refractivity contribution in [2.24, 2.45) is 0 Å². The van der Waals surface area contributed by atoms with Gasteiger partial charge in [-0.1, -0.05) is 6.07 Å². The minimum Gasteiger partial charge on any atom is -0.438 e. The second-order valence-corrected chi connectivity index (χ2v) is 5.18. The van der Waals surface area contributed by atoms with Crippen molar-refractivity contribution in [1.29, 1.82) is 0 Å². The van der Waals surface area contributed by atoms with E-state index in [4.69, 9.17) is 10.5 Å². The number of fused-ring (bicyclic) bond motifs is 1. The Kier molecular flexibility index (Phi) is 3.15. The van der Waals surface area contributed by atoms with Crippen molar-refractivity contribution in [2.45, 2.75) is 6.92 Å². The van der Waals surface area contributed by atoms with Gasteiger partial charge in [0, 0.05) is 6.07 Å². The van der Waals surface area contributed by atoms with Gasteiger partial charge in [-0.2, -0.15) is 4.98 Å². The van der Waals surface area contributed by atoms with E-state index < -0.39 is 4.92 Å². The number of nitrogens with two attached hydrogens (primary N) is 1. The first kappa shape index (κ1) is 13.3. The highest BCUT2D eigenvalue weighted by atomic mass is 32.1. The number of nitrogen functional groups attached to an aromatic ring is 1. The van der Waals surface area contributed by atoms with Crippen molar-refractivity contribution in [3.63, 3.8) is 0 Å². The van der Waals surface area contributed by atoms with Crippen LogP contribution in [0.5, 0.6) is 11.6 Å². The Labute approximate surface area is 123 Å². The maximum absolute atomic E-state index is 11.0. The second kappa shape index (κ2) is 4.98. The molecule has 21 heavy (non-hydrogen) atoms. The maximum atomic E-state index is 11.0. The Morgan fingerprint density at radius 3 is 2.90 bits per heavy atom. The van der Waals surface area contributed by atoms with Gasteiger partial charge < -0.3 is 10.5 Å². The highest BCUT2D eigenvalue weighted by Gasteiger charge is 2.17. The Hall–Kier alpha value is -2.74. The number of nitrogens with zero attached hydrogens (tertiary/aromatic N) is 3. The predicted octanol–water partition coefficient (Wildman–Crippen LogP) is 3.28. The lowest BCUT2D eigenvalue weighted by atomic mass is 10.2. The molecule has 3 aromatic rings. The standard InChI is InChI=1S/C13H10N4O3S/c1-7-9(17(18)19)3-2-4-10(7)20-11-8-5-6-21-12(8)16-13(14)15-11/h2-6H,1H3,(H2,14,15,16). The minimum atomic E-state index is -0.448. The van der Waals surface area contributed by atoms with Gasteiger partial charge in [-0.05, 0) is 24.4 Å². The molecule has 0 saturated carbocycles. The van der Waals surface area contributed by atoms with Crippen molar-refractivity contribution >= 4 is 33.2 Å². The van der Waals surface area contributed by atoms with Crippen LogP contribution in [0.4, 0.5) is 11.6 Å². The molecule has 7 nitrogen and oxygen atoms in total. The minimum absolute atomic E-state index is 0.00362. The summed E-state index contributed by atoms with van der Waals surface area (Å²) in [5.74, 6) is 0.764. The third kappa shape index (κ3) is 2.36. The number of hydrogen-bond acceptors (Lipinski definition) is 7. The Morgan fingerprint density at radius 1 is 1.33 bits per heavy atom. The third-order valence-corrected chi connectivity index (χ3v) is 3.77. The van der Waals surface area contributed by atoms with E-state index in [0.29, 0.717) is 22.0 Å². The van der Waals surface area contributed by atoms with Gasteiger partial charge in [-0.3, -0.25) is 10.1 Å². The van der Waals surface area contributed by atoms with Crippen LogP contribution in [0.15, 0.2) is 29.6 Å². The predicted molar refractivity (Wildman–Crippen MR) is 79.7 cm³/mol. The molecular formula is C13H10N4O3S. The molecule has 0 spiro atoms. The summed E-state index contributed by atoms with van der Waals surface area (Å²) in [5.41, 5.74) is 6.08. The summed E-state index contributed by atoms with van der Waals surface area (Å²) in [5, 5.41) is 13.5. The molecule has 3 rings (SSSR count). The number of nitro benzene ring substituents is 1. The van der Waals surface area contributed by atoms with Gasteiger partial charge in [-0.15, -0.1) is 11.3 Å². The number of thiophene rings is 1. The second-order valence-electron chi connectivity index (χ2n) is 4.29. The van der Waals surface area contributed by atoms with Crippen LogP contribution in [0, 0.1) is 17.0 Å². The van der Waals surface area contributed by atoms with E-state index in [1.165, 1.54) is 17.4 Å². The zero-order valence-electron chi connectivity index (χ0n) is 10.9. The fourth-order valence-electron chi connectivity index (χ4n) is 1.94. The normalized spacial score (nSPS) is 10.7. The van der Waals surface area contributed by atoms with Crippen LogP contribution in [-0.2, 0) is 0 Å². The summed E-state index contributed by atoms with van der Waals surface area (Å²) >= 11 is 1.42. The summed E-state index contributed by atoms with van der Waals surface area (Å²) in [6.07, 6.45) is 0. The number of ether oxygens (including phenoxy) is 1. The number of hydrogen-bond donors (Lipinski definition) is 1. The SMILES string of the molecule is Cc1c(Oc2nc(N)nc3sccc23)cccc1[N+](=O)[O-]. The molecule has 0 amide bonds. The summed E-state index contributed by atoms with van der Waals surface area (Å²) in [4.78, 5) is 19.4. The fraction of sp³-hybridized carbons (Fsp3) is 0.0769. The monoisotopic (exact) mass is 302 g/mol. The molecule has 0 aliphatic rings. The first-order valence-electron chi connectivity index (χ1n) is 5.99. The summed E-state index contributed by atoms with van der Waals surface area (Å²) in [6, 6.07) is 6.47. The van der Waals surface area contributed by atoms with Crippen molar-refractivity contribution in [2.75, 3.05) is 5.73 Å². The molecule has 2 N–H and O–H groups in total. The largest absolute Gasteiger partial charge is 0.438 e. The number of nitro groups is 1. The van der Waals surface area contributed by atoms with Crippen LogP contribution in [0.2, 0.25) is 0 Å². The van der Waals surface area contributed by atoms with E-state index in [0.717, 1.165) is 5.39 Å². The first-order valence-corrected chi connectivity index (χ1v) is 6.87. The van der Waals surface area contributed by atoms with Gasteiger partial charge in [0.2, 0.25) is 11.8 Å². The summed E-state index contributed by atoms with van der Waals surface area (Å²) < 4.78 is 5.72. The molecule has 0 bridgehead atoms. The lowest BCUT2D eigenvalue weighted by Gasteiger charge is -2.09. The van der Waals surface area contributed by atoms with E-state index in [-0.39, 0.29) is 11.6 Å². The Balaban J connectivity index is 2.09. The molecular weight excluding hydrogens is 292 g/mol. The zero-order valence-corrected chi connectivity index (χ0v) is 11.8. The zero-order chi connectivity index (χ0) is 15.0. The maximum Gasteiger partial charge on any atom is 0.276 e. The van der Waals surface area contributed by atoms with Crippen LogP contribution in [0.1, 0.15) is 5.56 Å². The average Bonchev–Trinajstić information content (AvgIpc) is 2.88. The first-order chi connectivity index (χ1) is 10.1. The van der Waals surface area contributed by atoms with Gasteiger partial charge in [-0.25, -0.2) is 4.98 Å². The van der Waals surface area contributed by atoms with Crippen LogP contribution < -0.4 is 10.5 Å². The average molecular weight is 302 g/mol. The van der Waals surface area contributed by atoms with E-state index in [9.17, 15) is 10.1 Å². The quantitative estimate of drug-likeness (QED) is 0.588. The molecule has 0 aliphatic heterocycles. The molecule has 0 unspecified atom stereocenters. The lowest BCUT2D eigenvalue weighted by Crippen LogP contribution is -1.99. The van der Waals surface area contributed by atoms with Gasteiger partial charge in [0.1, 0.15) is 10.6 Å². The Morgan fingerprint density at radius 2 is 2.14 bits per heavy atom. The van der Waals surface area contributed by atoms with Gasteiger partial charge in [0.05, 0.1) is 15.9 Å². The topological polar surface area (TPSA) is 104 Å². The van der Waals surface area contributed by atoms with Gasteiger partial charge in [0.15, 0.2) is 0 Å². The molecule has 0 aliphatic carbocycles. The van der Waals surface area contributed by atoms with E-state index in [2.05, 4.69) is 9.97 Å². The van der Waals surface area contributed by atoms with Crippen molar-refractivity contribution in [3.8, 4) is 11.6 Å². The van der Waals surface area contributed by atoms with Crippen LogP contribution >= 0.6 is 11.3 Å². The highest BCUT2D eigenvalue weighted by molar-refractivity contribution is 7.16. The molecule has 0 fully saturated rings. The molecule has 0 saturated heterocycles. The molecule has 1 aromatic carbocycles. The van der Waals surface area contributed by atoms with Crippen molar-refractivity contribution in [1.82, 2.24) is 9.97 Å². The van der Waals surface area contributed by atoms with Gasteiger partial charge >= 0.3 is 0 Å². The van der Waals surface area contributed by atoms with E-state index in [1.807, 2.05) is 11.4 Å². The molecule has 0 atom stereocenters. The summed E-state index contributed by atoms with van der Waals surface area (Å²) in [7, 11) is 0. The number of rotatable bonds is 3. The van der Waals surface area contributed by atoms with E-state index in [1.54, 1.807) is 19.1 Å². The number of benzene rings is 1. The number of anilines is 1. The van der Waals surface area contributed by atoms with Crippen LogP contribution in [0.3, 0.4) is 0 Å². The molecule has 2 aromatic heterocycles. The van der Waals surface area contributed by atoms with Crippen molar-refractivity contribution in [3.05, 3.63) is 45.3 Å². The molecule has 2 heterocycles. The Bertz CT molecular complexity index is 847. The van der Waals surface area contributed by atoms with Crippen LogP contribution in [0.25, 0.3) is 10.2 Å². The van der Waals surface area contributed by atoms with Crippen molar-refractivity contribution < 1.29 is 9.66 Å². The summed E-state index contributed by atoms with van der Waals surface area (Å²) in [6.45, 7) is 1.63. The fourth-order valence-corrected chi connectivity index (χ4v) is 2.70. The third-order valence-electron chi connectivity index (χ3n) is 2.97. The molecule has 0 radical (unpaired) electrons. The molecule has 106 valence electrons.